The lowest BCUT2D eigenvalue weighted by Gasteiger charge is -2.15. The summed E-state index contributed by atoms with van der Waals surface area (Å²) >= 11 is 0. The van der Waals surface area contributed by atoms with E-state index in [1.165, 1.54) is 32.3 Å². The van der Waals surface area contributed by atoms with Gasteiger partial charge in [0, 0.05) is 48.4 Å². The highest BCUT2D eigenvalue weighted by atomic mass is 16.6. The van der Waals surface area contributed by atoms with Gasteiger partial charge in [-0.05, 0) is 90.6 Å². The molecule has 0 atom stereocenters. The fourth-order valence-corrected chi connectivity index (χ4v) is 7.94. The molecule has 376 valence electrons. The molecule has 14 nitrogen and oxygen atoms in total. The topological polar surface area (TPSA) is 184 Å². The van der Waals surface area contributed by atoms with E-state index >= 15 is 0 Å². The van der Waals surface area contributed by atoms with E-state index in [1.807, 2.05) is 48.5 Å². The van der Waals surface area contributed by atoms with Gasteiger partial charge in [-0.3, -0.25) is 9.59 Å². The molecular formula is C58H64N4O10. The molecule has 0 unspecified atom stereocenters. The number of nitrogens with one attached hydrogen (secondary N) is 2. The maximum atomic E-state index is 12.4. The van der Waals surface area contributed by atoms with E-state index in [0.717, 1.165) is 44.2 Å². The van der Waals surface area contributed by atoms with Crippen molar-refractivity contribution in [2.75, 3.05) is 119 Å². The van der Waals surface area contributed by atoms with Crippen LogP contribution < -0.4 is 22.1 Å². The van der Waals surface area contributed by atoms with Crippen LogP contribution in [0.3, 0.4) is 0 Å². The molecule has 7 aromatic carbocycles. The third-order valence-corrected chi connectivity index (χ3v) is 11.5. The molecule has 0 saturated carbocycles. The van der Waals surface area contributed by atoms with Crippen molar-refractivity contribution >= 4 is 54.9 Å². The summed E-state index contributed by atoms with van der Waals surface area (Å²) in [4.78, 5) is 24.7. The van der Waals surface area contributed by atoms with Crippen molar-refractivity contribution in [3.8, 4) is 23.7 Å². The van der Waals surface area contributed by atoms with E-state index in [2.05, 4.69) is 95.0 Å². The molecule has 0 bridgehead atoms. The van der Waals surface area contributed by atoms with Gasteiger partial charge in [0.2, 0.25) is 11.8 Å². The smallest absolute Gasteiger partial charge is 0.246 e. The van der Waals surface area contributed by atoms with E-state index in [0.29, 0.717) is 119 Å². The standard InChI is InChI=1S/C58H64N4O10/c59-23-25-65-27-29-67-31-33-69-35-37-71-41-55(63)61-39-45-11-7-43(8-12-45)15-17-47-19-22-54-52-6-2-4-50-48(20-21-53(58(50)52)51-5-1-3-49(47)57(51)54)18-16-44-9-13-46(14-10-44)40-62-56(64)42-72-38-36-70-34-32-68-30-28-66-26-24-60/h1-14,19-22H,23-42,59-60H2,(H,61,63)(H,62,64). The molecule has 2 amide bonds. The Morgan fingerprint density at radius 2 is 0.681 bits per heavy atom. The van der Waals surface area contributed by atoms with Gasteiger partial charge in [0.15, 0.2) is 0 Å². The van der Waals surface area contributed by atoms with Crippen molar-refractivity contribution in [1.29, 1.82) is 0 Å². The van der Waals surface area contributed by atoms with E-state index in [-0.39, 0.29) is 25.0 Å². The Labute approximate surface area is 421 Å². The van der Waals surface area contributed by atoms with Crippen LogP contribution >= 0.6 is 0 Å². The van der Waals surface area contributed by atoms with Gasteiger partial charge in [0.1, 0.15) is 13.2 Å². The Morgan fingerprint density at radius 1 is 0.361 bits per heavy atom. The largest absolute Gasteiger partial charge is 0.378 e. The molecule has 0 aromatic heterocycles. The van der Waals surface area contributed by atoms with Crippen LogP contribution in [0.4, 0.5) is 0 Å². The van der Waals surface area contributed by atoms with Crippen molar-refractivity contribution in [2.45, 2.75) is 13.1 Å². The van der Waals surface area contributed by atoms with Gasteiger partial charge in [-0.2, -0.15) is 0 Å². The summed E-state index contributed by atoms with van der Waals surface area (Å²) in [6.07, 6.45) is 0. The Hall–Kier alpha value is -6.50. The third kappa shape index (κ3) is 16.3. The third-order valence-electron chi connectivity index (χ3n) is 11.5. The minimum Gasteiger partial charge on any atom is -0.378 e. The molecule has 0 spiro atoms. The van der Waals surface area contributed by atoms with Gasteiger partial charge in [-0.15, -0.1) is 0 Å². The molecule has 0 heterocycles. The summed E-state index contributed by atoms with van der Waals surface area (Å²) in [5, 5.41) is 15.1. The number of hydrogen-bond donors (Lipinski definition) is 4. The lowest BCUT2D eigenvalue weighted by Crippen LogP contribution is -2.27. The van der Waals surface area contributed by atoms with Crippen LogP contribution in [-0.4, -0.2) is 131 Å². The SMILES string of the molecule is NCCOCCOCCOCCOCC(=O)NCc1ccc(C#Cc2ccc3c4cccc5c(C#Cc6ccc(CNC(=O)COCCOCCOCCOCCN)cc6)ccc(c6cccc2c63)c54)cc1. The number of carbonyl (C=O) groups is 2. The molecular weight excluding hydrogens is 913 g/mol. The van der Waals surface area contributed by atoms with Crippen molar-refractivity contribution < 1.29 is 47.5 Å². The average molecular weight is 977 g/mol. The molecule has 0 radical (unpaired) electrons. The summed E-state index contributed by atoms with van der Waals surface area (Å²) < 4.78 is 43.2. The van der Waals surface area contributed by atoms with Gasteiger partial charge >= 0.3 is 0 Å². The van der Waals surface area contributed by atoms with Crippen molar-refractivity contribution in [1.82, 2.24) is 10.6 Å². The zero-order valence-electron chi connectivity index (χ0n) is 40.8. The second kappa shape index (κ2) is 29.7. The average Bonchev–Trinajstić information content (AvgIpc) is 3.41. The number of rotatable bonds is 30. The van der Waals surface area contributed by atoms with Gasteiger partial charge in [-0.1, -0.05) is 96.5 Å². The van der Waals surface area contributed by atoms with Gasteiger partial charge < -0.3 is 60.0 Å². The molecule has 0 fully saturated rings. The lowest BCUT2D eigenvalue weighted by molar-refractivity contribution is -0.127. The summed E-state index contributed by atoms with van der Waals surface area (Å²) in [5.74, 6) is 13.2. The van der Waals surface area contributed by atoms with Crippen LogP contribution in [0, 0.1) is 23.7 Å². The Morgan fingerprint density at radius 3 is 1.04 bits per heavy atom. The highest BCUT2D eigenvalue weighted by Gasteiger charge is 2.15. The molecule has 0 saturated heterocycles. The predicted molar refractivity (Wildman–Crippen MR) is 281 cm³/mol. The first-order valence-electron chi connectivity index (χ1n) is 24.4. The highest BCUT2D eigenvalue weighted by molar-refractivity contribution is 6.33. The minimum absolute atomic E-state index is 0.0432. The van der Waals surface area contributed by atoms with E-state index < -0.39 is 0 Å². The normalized spacial score (nSPS) is 11.2. The zero-order valence-corrected chi connectivity index (χ0v) is 40.8. The number of carbonyl (C=O) groups excluding carboxylic acids is 2. The second-order valence-corrected chi connectivity index (χ2v) is 16.6. The molecule has 0 aliphatic rings. The zero-order chi connectivity index (χ0) is 50.0. The lowest BCUT2D eigenvalue weighted by atomic mass is 9.87. The van der Waals surface area contributed by atoms with Gasteiger partial charge in [-0.25, -0.2) is 0 Å². The van der Waals surface area contributed by atoms with Crippen LogP contribution in [0.5, 0.6) is 0 Å². The highest BCUT2D eigenvalue weighted by Crippen LogP contribution is 2.41. The van der Waals surface area contributed by atoms with Crippen molar-refractivity contribution in [2.24, 2.45) is 11.5 Å². The minimum atomic E-state index is -0.197. The Bertz CT molecular complexity index is 2700. The van der Waals surface area contributed by atoms with Crippen LogP contribution in [0.1, 0.15) is 33.4 Å². The number of benzene rings is 7. The number of hydrogen-bond acceptors (Lipinski definition) is 12. The first kappa shape index (κ1) is 53.3. The maximum absolute atomic E-state index is 12.4. The number of nitrogens with two attached hydrogens (primary N) is 2. The molecule has 72 heavy (non-hydrogen) atoms. The molecule has 7 aromatic rings. The first-order valence-corrected chi connectivity index (χ1v) is 24.4. The van der Waals surface area contributed by atoms with E-state index in [9.17, 15) is 9.59 Å². The van der Waals surface area contributed by atoms with Crippen LogP contribution in [0.25, 0.3) is 43.1 Å². The van der Waals surface area contributed by atoms with Gasteiger partial charge in [0.05, 0.1) is 92.5 Å². The quantitative estimate of drug-likeness (QED) is 0.0184. The second-order valence-electron chi connectivity index (χ2n) is 16.6. The summed E-state index contributed by atoms with van der Waals surface area (Å²) in [6.45, 7) is 7.92. The molecule has 14 heteroatoms. The molecule has 6 N–H and O–H groups in total. The summed E-state index contributed by atoms with van der Waals surface area (Å²) in [6, 6.07) is 37.3. The van der Waals surface area contributed by atoms with E-state index in [1.54, 1.807) is 0 Å². The monoisotopic (exact) mass is 976 g/mol. The number of amides is 2. The van der Waals surface area contributed by atoms with Crippen LogP contribution in [0.15, 0.2) is 109 Å². The molecule has 0 aliphatic heterocycles. The summed E-state index contributed by atoms with van der Waals surface area (Å²) in [7, 11) is 0. The van der Waals surface area contributed by atoms with Gasteiger partial charge in [0.25, 0.3) is 0 Å². The maximum Gasteiger partial charge on any atom is 0.246 e. The fraction of sp³-hybridized carbons (Fsp3) is 0.345. The first-order chi connectivity index (χ1) is 35.5. The Kier molecular flexibility index (Phi) is 22.0. The van der Waals surface area contributed by atoms with Crippen molar-refractivity contribution in [3.63, 3.8) is 0 Å². The Balaban J connectivity index is 0.887. The molecule has 0 aliphatic carbocycles. The van der Waals surface area contributed by atoms with Crippen molar-refractivity contribution in [3.05, 3.63) is 143 Å². The number of fused-ring (bicyclic) bond motifs is 2. The summed E-state index contributed by atoms with van der Waals surface area (Å²) in [5.41, 5.74) is 16.3. The van der Waals surface area contributed by atoms with Crippen LogP contribution in [-0.2, 0) is 60.6 Å². The number of ether oxygens (including phenoxy) is 8. The predicted octanol–water partition coefficient (Wildman–Crippen LogP) is 5.82. The fourth-order valence-electron chi connectivity index (χ4n) is 7.94. The van der Waals surface area contributed by atoms with E-state index in [4.69, 9.17) is 49.4 Å². The van der Waals surface area contributed by atoms with Crippen LogP contribution in [0.2, 0.25) is 0 Å². The molecule has 7 rings (SSSR count).